The highest BCUT2D eigenvalue weighted by atomic mass is 16.2. The first-order chi connectivity index (χ1) is 19.0. The number of hydrogen-bond donors (Lipinski definition) is 5. The van der Waals surface area contributed by atoms with Crippen molar-refractivity contribution in [3.05, 3.63) is 96.1 Å². The van der Waals surface area contributed by atoms with E-state index in [1.807, 2.05) is 36.4 Å². The molecular weight excluding hydrogens is 496 g/mol. The maximum absolute atomic E-state index is 13.2. The lowest BCUT2D eigenvalue weighted by molar-refractivity contribution is -0.113. The van der Waals surface area contributed by atoms with Gasteiger partial charge in [0.25, 0.3) is 17.7 Å². The average molecular weight is 519 g/mol. The SMILES string of the molecule is O=C(Nc1cc(C(=O)Nc2ncc[nH]2)c2nc(NC(=O)c3cc4ccccc4cn3)[nH]c2c1)C1=CC=CCC1. The molecule has 39 heavy (non-hydrogen) atoms. The first-order valence-corrected chi connectivity index (χ1v) is 12.2. The van der Waals surface area contributed by atoms with E-state index in [2.05, 4.69) is 40.9 Å². The molecule has 0 spiro atoms. The Labute approximate surface area is 221 Å². The highest BCUT2D eigenvalue weighted by Gasteiger charge is 2.20. The Hall–Kier alpha value is -5.58. The molecular formula is C28H22N8O3. The average Bonchev–Trinajstić information content (AvgIpc) is 3.62. The first kappa shape index (κ1) is 23.8. The number of pyridine rings is 1. The summed E-state index contributed by atoms with van der Waals surface area (Å²) in [5.41, 5.74) is 2.17. The summed E-state index contributed by atoms with van der Waals surface area (Å²) in [5.74, 6) is -0.834. The molecule has 0 bridgehead atoms. The molecule has 192 valence electrons. The number of hydrogen-bond acceptors (Lipinski definition) is 6. The molecule has 1 aliphatic carbocycles. The van der Waals surface area contributed by atoms with Gasteiger partial charge in [0.15, 0.2) is 0 Å². The molecule has 6 rings (SSSR count). The summed E-state index contributed by atoms with van der Waals surface area (Å²) in [6.07, 6.45) is 11.7. The highest BCUT2D eigenvalue weighted by molar-refractivity contribution is 6.14. The van der Waals surface area contributed by atoms with Gasteiger partial charge in [-0.15, -0.1) is 0 Å². The Morgan fingerprint density at radius 2 is 1.72 bits per heavy atom. The van der Waals surface area contributed by atoms with E-state index in [9.17, 15) is 14.4 Å². The minimum atomic E-state index is -0.494. The predicted octanol–water partition coefficient (Wildman–Crippen LogP) is 4.55. The summed E-state index contributed by atoms with van der Waals surface area (Å²) < 4.78 is 0. The van der Waals surface area contributed by atoms with Crippen LogP contribution in [0.2, 0.25) is 0 Å². The number of imidazole rings is 2. The van der Waals surface area contributed by atoms with Crippen molar-refractivity contribution in [1.29, 1.82) is 0 Å². The molecule has 5 N–H and O–H groups in total. The van der Waals surface area contributed by atoms with Crippen LogP contribution in [0.3, 0.4) is 0 Å². The van der Waals surface area contributed by atoms with Gasteiger partial charge in [0, 0.05) is 35.2 Å². The number of aromatic amines is 2. The lowest BCUT2D eigenvalue weighted by atomic mass is 10.0. The second-order valence-electron chi connectivity index (χ2n) is 8.88. The van der Waals surface area contributed by atoms with Gasteiger partial charge in [-0.3, -0.25) is 30.0 Å². The smallest absolute Gasteiger partial charge is 0.276 e. The third-order valence-corrected chi connectivity index (χ3v) is 6.22. The number of carbonyl (C=O) groups is 3. The number of carbonyl (C=O) groups excluding carboxylic acids is 3. The van der Waals surface area contributed by atoms with Crippen molar-refractivity contribution >= 4 is 57.1 Å². The Balaban J connectivity index is 1.32. The second-order valence-corrected chi connectivity index (χ2v) is 8.88. The third-order valence-electron chi connectivity index (χ3n) is 6.22. The fraction of sp³-hybridized carbons (Fsp3) is 0.0714. The number of nitrogens with one attached hydrogen (secondary N) is 5. The molecule has 2 aromatic carbocycles. The molecule has 3 amide bonds. The van der Waals surface area contributed by atoms with Crippen LogP contribution in [0.4, 0.5) is 17.6 Å². The zero-order valence-corrected chi connectivity index (χ0v) is 20.5. The fourth-order valence-electron chi connectivity index (χ4n) is 4.31. The molecule has 0 radical (unpaired) electrons. The van der Waals surface area contributed by atoms with Crippen molar-refractivity contribution in [2.75, 3.05) is 16.0 Å². The maximum Gasteiger partial charge on any atom is 0.276 e. The number of rotatable bonds is 6. The van der Waals surface area contributed by atoms with Crippen molar-refractivity contribution in [3.8, 4) is 0 Å². The van der Waals surface area contributed by atoms with Crippen molar-refractivity contribution in [3.63, 3.8) is 0 Å². The molecule has 3 aromatic heterocycles. The summed E-state index contributed by atoms with van der Waals surface area (Å²) in [6.45, 7) is 0. The van der Waals surface area contributed by atoms with E-state index in [1.54, 1.807) is 30.6 Å². The van der Waals surface area contributed by atoms with Gasteiger partial charge in [-0.25, -0.2) is 9.97 Å². The van der Waals surface area contributed by atoms with E-state index < -0.39 is 11.8 Å². The molecule has 1 aliphatic rings. The van der Waals surface area contributed by atoms with Gasteiger partial charge < -0.3 is 15.3 Å². The molecule has 0 saturated heterocycles. The lowest BCUT2D eigenvalue weighted by Crippen LogP contribution is -2.17. The number of fused-ring (bicyclic) bond motifs is 2. The van der Waals surface area contributed by atoms with Gasteiger partial charge in [-0.1, -0.05) is 42.5 Å². The Bertz CT molecular complexity index is 1800. The topological polar surface area (TPSA) is 158 Å². The van der Waals surface area contributed by atoms with Crippen LogP contribution in [0.1, 0.15) is 33.7 Å². The van der Waals surface area contributed by atoms with Crippen LogP contribution in [0.5, 0.6) is 0 Å². The minimum absolute atomic E-state index is 0.126. The summed E-state index contributed by atoms with van der Waals surface area (Å²) in [5, 5.41) is 10.0. The molecule has 0 unspecified atom stereocenters. The molecule has 11 heteroatoms. The van der Waals surface area contributed by atoms with E-state index >= 15 is 0 Å². The van der Waals surface area contributed by atoms with Gasteiger partial charge in [0.05, 0.1) is 11.1 Å². The molecule has 0 atom stereocenters. The standard InChI is InChI=1S/C28H22N8O3/c37-24(16-6-2-1-3-7-16)32-19-13-20(25(38)35-27-29-10-11-30-27)23-21(14-19)33-28(34-23)36-26(39)22-12-17-8-4-5-9-18(17)15-31-22/h1-2,4-6,8-15H,3,7H2,(H,32,37)(H2,29,30,35,38)(H2,33,34,36,39). The molecule has 5 aromatic rings. The Morgan fingerprint density at radius 1 is 0.872 bits per heavy atom. The van der Waals surface area contributed by atoms with Gasteiger partial charge in [0.1, 0.15) is 11.2 Å². The normalized spacial score (nSPS) is 12.8. The van der Waals surface area contributed by atoms with Crippen LogP contribution < -0.4 is 16.0 Å². The summed E-state index contributed by atoms with van der Waals surface area (Å²) in [7, 11) is 0. The number of nitrogens with zero attached hydrogens (tertiary/aromatic N) is 3. The van der Waals surface area contributed by atoms with Crippen LogP contribution in [0, 0.1) is 0 Å². The quantitative estimate of drug-likeness (QED) is 0.222. The van der Waals surface area contributed by atoms with Gasteiger partial charge in [-0.2, -0.15) is 0 Å². The minimum Gasteiger partial charge on any atom is -0.331 e. The maximum atomic E-state index is 13.2. The monoisotopic (exact) mass is 518 g/mol. The van der Waals surface area contributed by atoms with Crippen LogP contribution in [0.25, 0.3) is 21.8 Å². The van der Waals surface area contributed by atoms with Gasteiger partial charge in [0.2, 0.25) is 11.9 Å². The summed E-state index contributed by atoms with van der Waals surface area (Å²) in [6, 6.07) is 12.5. The molecule has 0 saturated carbocycles. The second kappa shape index (κ2) is 10.1. The zero-order valence-electron chi connectivity index (χ0n) is 20.5. The Kier molecular flexibility index (Phi) is 6.13. The van der Waals surface area contributed by atoms with Crippen molar-refractivity contribution < 1.29 is 14.4 Å². The van der Waals surface area contributed by atoms with Crippen molar-refractivity contribution in [2.24, 2.45) is 0 Å². The number of benzene rings is 2. The van der Waals surface area contributed by atoms with E-state index in [1.165, 1.54) is 12.3 Å². The molecule has 11 nitrogen and oxygen atoms in total. The van der Waals surface area contributed by atoms with Crippen molar-refractivity contribution in [2.45, 2.75) is 12.8 Å². The highest BCUT2D eigenvalue weighted by Crippen LogP contribution is 2.26. The predicted molar refractivity (Wildman–Crippen MR) is 147 cm³/mol. The van der Waals surface area contributed by atoms with E-state index in [-0.39, 0.29) is 29.1 Å². The van der Waals surface area contributed by atoms with Gasteiger partial charge in [-0.05, 0) is 36.4 Å². The fourth-order valence-corrected chi connectivity index (χ4v) is 4.31. The van der Waals surface area contributed by atoms with E-state index in [4.69, 9.17) is 0 Å². The van der Waals surface area contributed by atoms with E-state index in [0.717, 1.165) is 17.2 Å². The van der Waals surface area contributed by atoms with Crippen LogP contribution in [0.15, 0.2) is 84.9 Å². The van der Waals surface area contributed by atoms with Crippen LogP contribution in [-0.2, 0) is 4.79 Å². The number of anilines is 3. The number of H-pyrrole nitrogens is 2. The molecule has 3 heterocycles. The summed E-state index contributed by atoms with van der Waals surface area (Å²) >= 11 is 0. The zero-order chi connectivity index (χ0) is 26.8. The largest absolute Gasteiger partial charge is 0.331 e. The van der Waals surface area contributed by atoms with Gasteiger partial charge >= 0.3 is 0 Å². The van der Waals surface area contributed by atoms with Crippen LogP contribution in [-0.4, -0.2) is 42.6 Å². The molecule has 0 fully saturated rings. The first-order valence-electron chi connectivity index (χ1n) is 12.2. The lowest BCUT2D eigenvalue weighted by Gasteiger charge is -2.11. The summed E-state index contributed by atoms with van der Waals surface area (Å²) in [4.78, 5) is 57.6. The van der Waals surface area contributed by atoms with Crippen molar-refractivity contribution in [1.82, 2.24) is 24.9 Å². The van der Waals surface area contributed by atoms with E-state index in [0.29, 0.717) is 28.7 Å². The number of aromatic nitrogens is 5. The molecule has 0 aliphatic heterocycles. The third kappa shape index (κ3) is 5.01. The number of allylic oxidation sites excluding steroid dienone is 3. The Morgan fingerprint density at radius 3 is 2.51 bits per heavy atom. The number of amides is 3. The van der Waals surface area contributed by atoms with Crippen LogP contribution >= 0.6 is 0 Å².